The highest BCUT2D eigenvalue weighted by Crippen LogP contribution is 2.26. The predicted octanol–water partition coefficient (Wildman–Crippen LogP) is 3.52. The Morgan fingerprint density at radius 1 is 1.14 bits per heavy atom. The Bertz CT molecular complexity index is 833. The van der Waals surface area contributed by atoms with E-state index in [0.717, 1.165) is 30.2 Å². The maximum atomic E-state index is 12.8. The van der Waals surface area contributed by atoms with Crippen LogP contribution in [0.2, 0.25) is 10.0 Å². The number of amides is 1. The van der Waals surface area contributed by atoms with Crippen molar-refractivity contribution in [3.8, 4) is 5.88 Å². The van der Waals surface area contributed by atoms with Gasteiger partial charge in [-0.2, -0.15) is 0 Å². The number of anilines is 1. The van der Waals surface area contributed by atoms with Crippen LogP contribution < -0.4 is 9.64 Å². The highest BCUT2D eigenvalue weighted by molar-refractivity contribution is 6.32. The molecule has 0 radical (unpaired) electrons. The molecule has 2 aliphatic rings. The molecule has 2 fully saturated rings. The minimum atomic E-state index is -0.0686. The molecule has 0 N–H and O–H groups in total. The Labute approximate surface area is 173 Å². The first-order chi connectivity index (χ1) is 13.6. The summed E-state index contributed by atoms with van der Waals surface area (Å²) in [7, 11) is 0. The summed E-state index contributed by atoms with van der Waals surface area (Å²) in [6, 6.07) is 9.38. The van der Waals surface area contributed by atoms with Gasteiger partial charge in [0.05, 0.1) is 18.8 Å². The Morgan fingerprint density at radius 3 is 2.54 bits per heavy atom. The van der Waals surface area contributed by atoms with Gasteiger partial charge in [-0.15, -0.1) is 0 Å². The summed E-state index contributed by atoms with van der Waals surface area (Å²) in [5.74, 6) is 0.280. The number of hydrogen-bond acceptors (Lipinski definition) is 5. The van der Waals surface area contributed by atoms with Crippen molar-refractivity contribution in [2.75, 3.05) is 44.3 Å². The molecular weight excluding hydrogens is 401 g/mol. The smallest absolute Gasteiger partial charge is 0.255 e. The predicted molar refractivity (Wildman–Crippen MR) is 109 cm³/mol. The molecule has 1 unspecified atom stereocenters. The molecule has 6 nitrogen and oxygen atoms in total. The van der Waals surface area contributed by atoms with E-state index in [9.17, 15) is 4.79 Å². The van der Waals surface area contributed by atoms with E-state index < -0.39 is 0 Å². The molecule has 1 atom stereocenters. The van der Waals surface area contributed by atoms with Crippen molar-refractivity contribution in [3.63, 3.8) is 0 Å². The Kier molecular flexibility index (Phi) is 5.90. The van der Waals surface area contributed by atoms with E-state index in [2.05, 4.69) is 9.88 Å². The number of halogens is 2. The van der Waals surface area contributed by atoms with Gasteiger partial charge in [0, 0.05) is 49.5 Å². The van der Waals surface area contributed by atoms with E-state index in [4.69, 9.17) is 32.7 Å². The number of ether oxygens (including phenoxy) is 2. The maximum absolute atomic E-state index is 12.8. The number of piperazine rings is 1. The van der Waals surface area contributed by atoms with E-state index in [1.807, 2.05) is 29.2 Å². The number of carbonyl (C=O) groups is 1. The largest absolute Gasteiger partial charge is 0.471 e. The van der Waals surface area contributed by atoms with Crippen molar-refractivity contribution in [2.45, 2.75) is 12.5 Å². The average Bonchev–Trinajstić information content (AvgIpc) is 3.23. The molecule has 2 aromatic rings. The normalized spacial score (nSPS) is 19.7. The summed E-state index contributed by atoms with van der Waals surface area (Å²) >= 11 is 12.2. The fraction of sp³-hybridized carbons (Fsp3) is 0.400. The first-order valence-corrected chi connectivity index (χ1v) is 10.1. The van der Waals surface area contributed by atoms with Crippen molar-refractivity contribution in [2.24, 2.45) is 0 Å². The Hall–Kier alpha value is -2.02. The van der Waals surface area contributed by atoms with Crippen LogP contribution in [0, 0.1) is 0 Å². The summed E-state index contributed by atoms with van der Waals surface area (Å²) in [5, 5.41) is 1.06. The molecule has 0 spiro atoms. The standard InChI is InChI=1S/C20H21Cl2N3O3/c21-15-1-3-16(4-2-15)24-6-8-25(9-7-24)20(26)14-11-18(22)19(23-12-14)28-17-5-10-27-13-17/h1-4,11-12,17H,5-10,13H2. The molecule has 3 heterocycles. The summed E-state index contributed by atoms with van der Waals surface area (Å²) in [6.07, 6.45) is 2.31. The van der Waals surface area contributed by atoms with E-state index in [-0.39, 0.29) is 12.0 Å². The maximum Gasteiger partial charge on any atom is 0.255 e. The second kappa shape index (κ2) is 8.55. The van der Waals surface area contributed by atoms with E-state index in [1.54, 1.807) is 6.07 Å². The summed E-state index contributed by atoms with van der Waals surface area (Å²) in [6.45, 7) is 4.01. The number of benzene rings is 1. The van der Waals surface area contributed by atoms with Crippen LogP contribution in [0.15, 0.2) is 36.5 Å². The fourth-order valence-electron chi connectivity index (χ4n) is 3.39. The van der Waals surface area contributed by atoms with Crippen LogP contribution in [-0.2, 0) is 4.74 Å². The lowest BCUT2D eigenvalue weighted by atomic mass is 10.2. The lowest BCUT2D eigenvalue weighted by Gasteiger charge is -2.36. The highest BCUT2D eigenvalue weighted by atomic mass is 35.5. The third kappa shape index (κ3) is 4.35. The average molecular weight is 422 g/mol. The third-order valence-corrected chi connectivity index (χ3v) is 5.50. The second-order valence-corrected chi connectivity index (χ2v) is 7.71. The SMILES string of the molecule is O=C(c1cnc(OC2CCOC2)c(Cl)c1)N1CCN(c2ccc(Cl)cc2)CC1. The summed E-state index contributed by atoms with van der Waals surface area (Å²) < 4.78 is 11.0. The number of carbonyl (C=O) groups excluding carboxylic acids is 1. The molecule has 28 heavy (non-hydrogen) atoms. The van der Waals surface area contributed by atoms with Gasteiger partial charge in [0.25, 0.3) is 5.91 Å². The van der Waals surface area contributed by atoms with Gasteiger partial charge in [-0.05, 0) is 30.3 Å². The number of rotatable bonds is 4. The molecule has 2 saturated heterocycles. The molecule has 8 heteroatoms. The first kappa shape index (κ1) is 19.3. The minimum Gasteiger partial charge on any atom is -0.471 e. The Balaban J connectivity index is 1.37. The number of hydrogen-bond donors (Lipinski definition) is 0. The minimum absolute atomic E-state index is 0.0347. The van der Waals surface area contributed by atoms with Gasteiger partial charge in [0.2, 0.25) is 5.88 Å². The zero-order valence-electron chi connectivity index (χ0n) is 15.3. The van der Waals surface area contributed by atoms with Gasteiger partial charge in [0.1, 0.15) is 11.1 Å². The van der Waals surface area contributed by atoms with Crippen molar-refractivity contribution >= 4 is 34.8 Å². The summed E-state index contributed by atoms with van der Waals surface area (Å²) in [4.78, 5) is 21.1. The topological polar surface area (TPSA) is 54.9 Å². The lowest BCUT2D eigenvalue weighted by Crippen LogP contribution is -2.48. The van der Waals surface area contributed by atoms with Crippen LogP contribution in [0.3, 0.4) is 0 Å². The van der Waals surface area contributed by atoms with Crippen LogP contribution >= 0.6 is 23.2 Å². The molecule has 1 amide bonds. The number of aromatic nitrogens is 1. The van der Waals surface area contributed by atoms with Gasteiger partial charge < -0.3 is 19.3 Å². The molecule has 4 rings (SSSR count). The van der Waals surface area contributed by atoms with E-state index >= 15 is 0 Å². The van der Waals surface area contributed by atoms with Crippen molar-refractivity contribution in [1.29, 1.82) is 0 Å². The molecule has 1 aromatic heterocycles. The number of pyridine rings is 1. The van der Waals surface area contributed by atoms with Gasteiger partial charge >= 0.3 is 0 Å². The molecule has 148 valence electrons. The van der Waals surface area contributed by atoms with E-state index in [1.165, 1.54) is 6.20 Å². The van der Waals surface area contributed by atoms with Crippen LogP contribution in [-0.4, -0.2) is 61.3 Å². The quantitative estimate of drug-likeness (QED) is 0.755. The summed E-state index contributed by atoms with van der Waals surface area (Å²) in [5.41, 5.74) is 1.58. The van der Waals surface area contributed by atoms with Crippen LogP contribution in [0.1, 0.15) is 16.8 Å². The van der Waals surface area contributed by atoms with Crippen molar-refractivity contribution in [1.82, 2.24) is 9.88 Å². The third-order valence-electron chi connectivity index (χ3n) is 4.98. The van der Waals surface area contributed by atoms with Crippen LogP contribution in [0.25, 0.3) is 0 Å². The van der Waals surface area contributed by atoms with Crippen molar-refractivity contribution in [3.05, 3.63) is 52.1 Å². The second-order valence-electron chi connectivity index (χ2n) is 6.87. The molecule has 2 aliphatic heterocycles. The zero-order valence-corrected chi connectivity index (χ0v) is 16.8. The monoisotopic (exact) mass is 421 g/mol. The molecular formula is C20H21Cl2N3O3. The van der Waals surface area contributed by atoms with Crippen LogP contribution in [0.5, 0.6) is 5.88 Å². The van der Waals surface area contributed by atoms with Gasteiger partial charge in [-0.25, -0.2) is 4.98 Å². The zero-order chi connectivity index (χ0) is 19.5. The van der Waals surface area contributed by atoms with Gasteiger partial charge in [-0.1, -0.05) is 23.2 Å². The fourth-order valence-corrected chi connectivity index (χ4v) is 3.73. The molecule has 1 aromatic carbocycles. The highest BCUT2D eigenvalue weighted by Gasteiger charge is 2.24. The van der Waals surface area contributed by atoms with Crippen LogP contribution in [0.4, 0.5) is 5.69 Å². The van der Waals surface area contributed by atoms with Crippen molar-refractivity contribution < 1.29 is 14.3 Å². The van der Waals surface area contributed by atoms with E-state index in [0.29, 0.717) is 42.8 Å². The van der Waals surface area contributed by atoms with Gasteiger partial charge in [0.15, 0.2) is 0 Å². The first-order valence-electron chi connectivity index (χ1n) is 9.30. The van der Waals surface area contributed by atoms with Gasteiger partial charge in [-0.3, -0.25) is 4.79 Å². The molecule has 0 aliphatic carbocycles. The lowest BCUT2D eigenvalue weighted by molar-refractivity contribution is 0.0746. The molecule has 0 bridgehead atoms. The Morgan fingerprint density at radius 2 is 1.89 bits per heavy atom. The molecule has 0 saturated carbocycles. The number of nitrogens with zero attached hydrogens (tertiary/aromatic N) is 3.